The van der Waals surface area contributed by atoms with Crippen LogP contribution in [0.25, 0.3) is 0 Å². The van der Waals surface area contributed by atoms with Gasteiger partial charge in [-0.1, -0.05) is 18.2 Å². The molecule has 0 saturated heterocycles. The molecule has 0 aromatic carbocycles. The van der Waals surface area contributed by atoms with E-state index >= 15 is 0 Å². The molecule has 60 valence electrons. The van der Waals surface area contributed by atoms with E-state index in [2.05, 4.69) is 0 Å². The molecule has 0 spiro atoms. The third-order valence-electron chi connectivity index (χ3n) is 1.41. The van der Waals surface area contributed by atoms with Gasteiger partial charge in [0.2, 0.25) is 0 Å². The molecule has 11 heavy (non-hydrogen) atoms. The Bertz CT molecular complexity index is 231. The lowest BCUT2D eigenvalue weighted by atomic mass is 9.97. The summed E-state index contributed by atoms with van der Waals surface area (Å²) in [4.78, 5) is 10.2. The molecule has 1 unspecified atom stereocenters. The SMILES string of the molecule is O=C(O)C1C=CC=CC1(F)F. The average Bonchev–Trinajstić information content (AvgIpc) is 1.85. The summed E-state index contributed by atoms with van der Waals surface area (Å²) in [5.41, 5.74) is 0. The van der Waals surface area contributed by atoms with E-state index < -0.39 is 17.8 Å². The van der Waals surface area contributed by atoms with Crippen molar-refractivity contribution >= 4 is 5.97 Å². The van der Waals surface area contributed by atoms with Crippen LogP contribution < -0.4 is 0 Å². The van der Waals surface area contributed by atoms with Gasteiger partial charge >= 0.3 is 5.97 Å². The standard InChI is InChI=1S/C7H6F2O2/c8-7(9)4-2-1-3-5(7)6(10)11/h1-5H,(H,10,11). The summed E-state index contributed by atoms with van der Waals surface area (Å²) in [5.74, 6) is -6.47. The number of carboxylic acid groups (broad SMARTS) is 1. The Morgan fingerprint density at radius 1 is 1.45 bits per heavy atom. The van der Waals surface area contributed by atoms with Crippen LogP contribution in [-0.4, -0.2) is 17.0 Å². The predicted octanol–water partition coefficient (Wildman–Crippen LogP) is 1.45. The normalized spacial score (nSPS) is 26.9. The van der Waals surface area contributed by atoms with Crippen LogP contribution in [0.4, 0.5) is 8.78 Å². The topological polar surface area (TPSA) is 37.3 Å². The van der Waals surface area contributed by atoms with E-state index in [9.17, 15) is 13.6 Å². The molecule has 0 aliphatic heterocycles. The summed E-state index contributed by atoms with van der Waals surface area (Å²) < 4.78 is 25.2. The zero-order chi connectivity index (χ0) is 8.48. The number of alkyl halides is 2. The van der Waals surface area contributed by atoms with Gasteiger partial charge in [-0.25, -0.2) is 8.78 Å². The first kappa shape index (κ1) is 7.91. The highest BCUT2D eigenvalue weighted by atomic mass is 19.3. The fourth-order valence-corrected chi connectivity index (χ4v) is 0.838. The molecule has 0 bridgehead atoms. The van der Waals surface area contributed by atoms with Crippen molar-refractivity contribution in [3.05, 3.63) is 24.3 Å². The number of hydrogen-bond acceptors (Lipinski definition) is 1. The zero-order valence-electron chi connectivity index (χ0n) is 5.50. The molecule has 1 N–H and O–H groups in total. The molecule has 4 heteroatoms. The van der Waals surface area contributed by atoms with Gasteiger partial charge in [-0.15, -0.1) is 0 Å². The Morgan fingerprint density at radius 3 is 2.45 bits per heavy atom. The summed E-state index contributed by atoms with van der Waals surface area (Å²) in [5, 5.41) is 8.31. The highest BCUT2D eigenvalue weighted by molar-refractivity contribution is 5.74. The number of carboxylic acids is 1. The van der Waals surface area contributed by atoms with Gasteiger partial charge in [0.05, 0.1) is 0 Å². The number of carbonyl (C=O) groups is 1. The minimum absolute atomic E-state index is 0.589. The molecule has 0 saturated carbocycles. The van der Waals surface area contributed by atoms with Gasteiger partial charge < -0.3 is 5.11 Å². The number of aliphatic carboxylic acids is 1. The predicted molar refractivity (Wildman–Crippen MR) is 34.4 cm³/mol. The second-order valence-corrected chi connectivity index (χ2v) is 2.23. The number of halogens is 2. The molecule has 2 nitrogen and oxygen atoms in total. The Labute approximate surface area is 61.8 Å². The van der Waals surface area contributed by atoms with Crippen LogP contribution in [0.2, 0.25) is 0 Å². The molecule has 0 amide bonds. The van der Waals surface area contributed by atoms with Crippen molar-refractivity contribution in [2.75, 3.05) is 0 Å². The van der Waals surface area contributed by atoms with Crippen molar-refractivity contribution in [1.82, 2.24) is 0 Å². The Balaban J connectivity index is 2.89. The van der Waals surface area contributed by atoms with Crippen molar-refractivity contribution in [3.8, 4) is 0 Å². The molecule has 1 rings (SSSR count). The van der Waals surface area contributed by atoms with E-state index in [0.29, 0.717) is 6.08 Å². The summed E-state index contributed by atoms with van der Waals surface area (Å²) in [6, 6.07) is 0. The van der Waals surface area contributed by atoms with Crippen LogP contribution in [0.15, 0.2) is 24.3 Å². The summed E-state index contributed by atoms with van der Waals surface area (Å²) in [6.45, 7) is 0. The number of rotatable bonds is 1. The van der Waals surface area contributed by atoms with E-state index in [1.54, 1.807) is 0 Å². The maximum absolute atomic E-state index is 12.6. The van der Waals surface area contributed by atoms with Gasteiger partial charge in [-0.2, -0.15) is 0 Å². The molecule has 1 aliphatic carbocycles. The van der Waals surface area contributed by atoms with Crippen molar-refractivity contribution in [2.24, 2.45) is 5.92 Å². The molecule has 0 aromatic rings. The summed E-state index contributed by atoms with van der Waals surface area (Å²) in [7, 11) is 0. The summed E-state index contributed by atoms with van der Waals surface area (Å²) in [6.07, 6.45) is 4.00. The van der Waals surface area contributed by atoms with Crippen LogP contribution in [0.3, 0.4) is 0 Å². The number of hydrogen-bond donors (Lipinski definition) is 1. The smallest absolute Gasteiger partial charge is 0.316 e. The molecule has 1 aliphatic rings. The first-order valence-corrected chi connectivity index (χ1v) is 3.01. The zero-order valence-corrected chi connectivity index (χ0v) is 5.50. The maximum Gasteiger partial charge on any atom is 0.316 e. The van der Waals surface area contributed by atoms with Gasteiger partial charge in [-0.05, 0) is 6.08 Å². The van der Waals surface area contributed by atoms with Gasteiger partial charge in [0.15, 0.2) is 0 Å². The lowest BCUT2D eigenvalue weighted by molar-refractivity contribution is -0.148. The largest absolute Gasteiger partial charge is 0.481 e. The van der Waals surface area contributed by atoms with Gasteiger partial charge in [0, 0.05) is 0 Å². The lowest BCUT2D eigenvalue weighted by Gasteiger charge is -2.19. The lowest BCUT2D eigenvalue weighted by Crippen LogP contribution is -2.32. The second-order valence-electron chi connectivity index (χ2n) is 2.23. The van der Waals surface area contributed by atoms with Crippen LogP contribution in [0.1, 0.15) is 0 Å². The maximum atomic E-state index is 12.6. The molecule has 0 aromatic heterocycles. The monoisotopic (exact) mass is 160 g/mol. The fourth-order valence-electron chi connectivity index (χ4n) is 0.838. The molecular weight excluding hydrogens is 154 g/mol. The average molecular weight is 160 g/mol. The van der Waals surface area contributed by atoms with Crippen molar-refractivity contribution in [1.29, 1.82) is 0 Å². The highest BCUT2D eigenvalue weighted by Gasteiger charge is 2.41. The second kappa shape index (κ2) is 2.45. The van der Waals surface area contributed by atoms with E-state index in [1.165, 1.54) is 6.08 Å². The highest BCUT2D eigenvalue weighted by Crippen LogP contribution is 2.30. The van der Waals surface area contributed by atoms with Crippen LogP contribution >= 0.6 is 0 Å². The van der Waals surface area contributed by atoms with Crippen LogP contribution in [-0.2, 0) is 4.79 Å². The molecule has 0 radical (unpaired) electrons. The quantitative estimate of drug-likeness (QED) is 0.630. The first-order valence-electron chi connectivity index (χ1n) is 3.01. The van der Waals surface area contributed by atoms with Crippen LogP contribution in [0, 0.1) is 5.92 Å². The Morgan fingerprint density at radius 2 is 2.09 bits per heavy atom. The minimum Gasteiger partial charge on any atom is -0.481 e. The molecule has 0 heterocycles. The Hall–Kier alpha value is -1.19. The van der Waals surface area contributed by atoms with E-state index in [-0.39, 0.29) is 0 Å². The van der Waals surface area contributed by atoms with Gasteiger partial charge in [-0.3, -0.25) is 4.79 Å². The van der Waals surface area contributed by atoms with Gasteiger partial charge in [0.25, 0.3) is 5.92 Å². The van der Waals surface area contributed by atoms with Gasteiger partial charge in [0.1, 0.15) is 5.92 Å². The molecule has 0 fully saturated rings. The van der Waals surface area contributed by atoms with Crippen LogP contribution in [0.5, 0.6) is 0 Å². The van der Waals surface area contributed by atoms with E-state index in [1.807, 2.05) is 0 Å². The first-order chi connectivity index (χ1) is 5.04. The summed E-state index contributed by atoms with van der Waals surface area (Å²) >= 11 is 0. The van der Waals surface area contributed by atoms with E-state index in [4.69, 9.17) is 5.11 Å². The van der Waals surface area contributed by atoms with Crippen molar-refractivity contribution < 1.29 is 18.7 Å². The third-order valence-corrected chi connectivity index (χ3v) is 1.41. The molecule has 1 atom stereocenters. The Kier molecular flexibility index (Phi) is 1.76. The molecular formula is C7H6F2O2. The third kappa shape index (κ3) is 1.45. The fraction of sp³-hybridized carbons (Fsp3) is 0.286. The number of allylic oxidation sites excluding steroid dienone is 3. The van der Waals surface area contributed by atoms with Crippen molar-refractivity contribution in [2.45, 2.75) is 5.92 Å². The minimum atomic E-state index is -3.25. The van der Waals surface area contributed by atoms with E-state index in [0.717, 1.165) is 12.2 Å². The van der Waals surface area contributed by atoms with Crippen molar-refractivity contribution in [3.63, 3.8) is 0 Å².